The van der Waals surface area contributed by atoms with E-state index < -0.39 is 23.5 Å². The summed E-state index contributed by atoms with van der Waals surface area (Å²) in [6.45, 7) is 1.92. The average molecular weight is 393 g/mol. The number of amides is 1. The fourth-order valence-electron chi connectivity index (χ4n) is 3.31. The lowest BCUT2D eigenvalue weighted by atomic mass is 9.99. The number of rotatable bonds is 3. The first-order valence-electron chi connectivity index (χ1n) is 8.64. The van der Waals surface area contributed by atoms with Crippen LogP contribution in [0.25, 0.3) is 5.76 Å². The molecule has 2 aromatic carbocycles. The van der Waals surface area contributed by atoms with E-state index in [1.165, 1.54) is 34.4 Å². The largest absolute Gasteiger partial charge is 0.507 e. The number of halogens is 1. The van der Waals surface area contributed by atoms with Crippen LogP contribution in [0.5, 0.6) is 0 Å². The average Bonchev–Trinajstić information content (AvgIpc) is 3.29. The number of carbonyl (C=O) groups excluding carboxylic acids is 2. The minimum Gasteiger partial charge on any atom is -0.507 e. The predicted molar refractivity (Wildman–Crippen MR) is 107 cm³/mol. The van der Waals surface area contributed by atoms with Crippen molar-refractivity contribution in [3.05, 3.63) is 93.4 Å². The second kappa shape index (κ2) is 7.05. The SMILES string of the molecule is Cc1ccc(/C(O)=C2/C(=O)C(=O)N(c3cccc(F)c3)C2c2cccs2)cc1. The number of nitrogens with zero attached hydrogens (tertiary/aromatic N) is 1. The Kier molecular flexibility index (Phi) is 4.57. The van der Waals surface area contributed by atoms with Gasteiger partial charge in [-0.05, 0) is 36.6 Å². The number of ketones is 1. The zero-order chi connectivity index (χ0) is 19.8. The van der Waals surface area contributed by atoms with Crippen LogP contribution in [0.2, 0.25) is 0 Å². The van der Waals surface area contributed by atoms with Crippen LogP contribution < -0.4 is 4.90 Å². The summed E-state index contributed by atoms with van der Waals surface area (Å²) in [6, 6.07) is 15.3. The number of anilines is 1. The molecule has 1 unspecified atom stereocenters. The molecule has 1 aliphatic rings. The Morgan fingerprint density at radius 2 is 1.82 bits per heavy atom. The highest BCUT2D eigenvalue weighted by Gasteiger charge is 2.47. The second-order valence-electron chi connectivity index (χ2n) is 6.53. The fraction of sp³-hybridized carbons (Fsp3) is 0.0909. The molecule has 4 rings (SSSR count). The van der Waals surface area contributed by atoms with Crippen LogP contribution in [0.1, 0.15) is 22.0 Å². The third-order valence-corrected chi connectivity index (χ3v) is 5.59. The molecule has 1 aliphatic heterocycles. The summed E-state index contributed by atoms with van der Waals surface area (Å²) >= 11 is 1.36. The number of benzene rings is 2. The highest BCUT2D eigenvalue weighted by atomic mass is 32.1. The lowest BCUT2D eigenvalue weighted by Crippen LogP contribution is -2.29. The summed E-state index contributed by atoms with van der Waals surface area (Å²) in [5, 5.41) is 12.7. The van der Waals surface area contributed by atoms with E-state index >= 15 is 0 Å². The third kappa shape index (κ3) is 3.01. The first-order valence-corrected chi connectivity index (χ1v) is 9.52. The maximum atomic E-state index is 13.8. The molecule has 140 valence electrons. The molecule has 3 aromatic rings. The predicted octanol–water partition coefficient (Wildman–Crippen LogP) is 4.82. The summed E-state index contributed by atoms with van der Waals surface area (Å²) in [6.07, 6.45) is 0. The van der Waals surface area contributed by atoms with Gasteiger partial charge >= 0.3 is 0 Å². The molecule has 2 heterocycles. The van der Waals surface area contributed by atoms with Crippen molar-refractivity contribution in [2.24, 2.45) is 0 Å². The van der Waals surface area contributed by atoms with Crippen LogP contribution in [-0.4, -0.2) is 16.8 Å². The minimum atomic E-state index is -0.817. The molecule has 28 heavy (non-hydrogen) atoms. The number of hydrogen-bond donors (Lipinski definition) is 1. The first-order chi connectivity index (χ1) is 13.5. The zero-order valence-electron chi connectivity index (χ0n) is 14.9. The minimum absolute atomic E-state index is 0.000522. The molecular formula is C22H16FNO3S. The van der Waals surface area contributed by atoms with Crippen molar-refractivity contribution in [3.8, 4) is 0 Å². The standard InChI is InChI=1S/C22H16FNO3S/c1-13-7-9-14(10-8-13)20(25)18-19(17-6-3-11-28-17)24(22(27)21(18)26)16-5-2-4-15(23)12-16/h2-12,19,25H,1H3/b20-18-. The highest BCUT2D eigenvalue weighted by Crippen LogP contribution is 2.43. The summed E-state index contributed by atoms with van der Waals surface area (Å²) < 4.78 is 13.8. The summed E-state index contributed by atoms with van der Waals surface area (Å²) in [7, 11) is 0. The van der Waals surface area contributed by atoms with Gasteiger partial charge in [-0.3, -0.25) is 14.5 Å². The van der Waals surface area contributed by atoms with Crippen molar-refractivity contribution in [2.45, 2.75) is 13.0 Å². The Hall–Kier alpha value is -3.25. The van der Waals surface area contributed by atoms with Gasteiger partial charge < -0.3 is 5.11 Å². The molecule has 1 N–H and O–H groups in total. The number of aliphatic hydroxyl groups is 1. The van der Waals surface area contributed by atoms with Gasteiger partial charge in [0.15, 0.2) is 0 Å². The fourth-order valence-corrected chi connectivity index (χ4v) is 4.13. The normalized spacial score (nSPS) is 18.6. The number of thiophene rings is 1. The van der Waals surface area contributed by atoms with Crippen molar-refractivity contribution in [2.75, 3.05) is 4.90 Å². The Balaban J connectivity index is 1.93. The molecule has 1 atom stereocenters. The van der Waals surface area contributed by atoms with E-state index in [0.717, 1.165) is 5.56 Å². The Morgan fingerprint density at radius 3 is 2.46 bits per heavy atom. The molecule has 6 heteroatoms. The van der Waals surface area contributed by atoms with Gasteiger partial charge in [-0.25, -0.2) is 4.39 Å². The number of aliphatic hydroxyl groups excluding tert-OH is 1. The number of Topliss-reactive ketones (excluding diaryl/α,β-unsaturated/α-hetero) is 1. The molecule has 1 aromatic heterocycles. The lowest BCUT2D eigenvalue weighted by molar-refractivity contribution is -0.132. The molecular weight excluding hydrogens is 377 g/mol. The maximum absolute atomic E-state index is 13.8. The van der Waals surface area contributed by atoms with Crippen LogP contribution in [-0.2, 0) is 9.59 Å². The van der Waals surface area contributed by atoms with E-state index in [1.807, 2.05) is 24.4 Å². The maximum Gasteiger partial charge on any atom is 0.300 e. The number of carbonyl (C=O) groups is 2. The smallest absolute Gasteiger partial charge is 0.300 e. The highest BCUT2D eigenvalue weighted by molar-refractivity contribution is 7.10. The van der Waals surface area contributed by atoms with Gasteiger partial charge in [0.2, 0.25) is 0 Å². The van der Waals surface area contributed by atoms with Crippen molar-refractivity contribution < 1.29 is 19.1 Å². The lowest BCUT2D eigenvalue weighted by Gasteiger charge is -2.24. The molecule has 0 saturated carbocycles. The van der Waals surface area contributed by atoms with Crippen LogP contribution in [0.15, 0.2) is 71.6 Å². The van der Waals surface area contributed by atoms with Crippen molar-refractivity contribution in [1.29, 1.82) is 0 Å². The van der Waals surface area contributed by atoms with Crippen LogP contribution in [0.3, 0.4) is 0 Å². The summed E-state index contributed by atoms with van der Waals surface area (Å²) in [5.41, 5.74) is 1.72. The van der Waals surface area contributed by atoms with Gasteiger partial charge in [0.1, 0.15) is 17.6 Å². The molecule has 0 spiro atoms. The van der Waals surface area contributed by atoms with Crippen LogP contribution in [0, 0.1) is 12.7 Å². The quantitative estimate of drug-likeness (QED) is 0.394. The molecule has 1 saturated heterocycles. The first kappa shape index (κ1) is 18.1. The zero-order valence-corrected chi connectivity index (χ0v) is 15.7. The van der Waals surface area contributed by atoms with E-state index in [-0.39, 0.29) is 17.0 Å². The van der Waals surface area contributed by atoms with E-state index in [2.05, 4.69) is 0 Å². The van der Waals surface area contributed by atoms with E-state index in [1.54, 1.807) is 30.3 Å². The van der Waals surface area contributed by atoms with Crippen molar-refractivity contribution in [3.63, 3.8) is 0 Å². The monoisotopic (exact) mass is 393 g/mol. The van der Waals surface area contributed by atoms with Gasteiger partial charge in [0, 0.05) is 16.1 Å². The van der Waals surface area contributed by atoms with E-state index in [0.29, 0.717) is 10.4 Å². The molecule has 0 aliphatic carbocycles. The van der Waals surface area contributed by atoms with Crippen LogP contribution in [0.4, 0.5) is 10.1 Å². The van der Waals surface area contributed by atoms with Crippen molar-refractivity contribution >= 4 is 34.5 Å². The summed E-state index contributed by atoms with van der Waals surface area (Å²) in [4.78, 5) is 27.7. The molecule has 0 bridgehead atoms. The van der Waals surface area contributed by atoms with Crippen LogP contribution >= 0.6 is 11.3 Å². The van der Waals surface area contributed by atoms with Gasteiger partial charge in [-0.2, -0.15) is 0 Å². The summed E-state index contributed by atoms with van der Waals surface area (Å²) in [5.74, 6) is -2.34. The number of aryl methyl sites for hydroxylation is 1. The molecule has 0 radical (unpaired) electrons. The molecule has 4 nitrogen and oxygen atoms in total. The van der Waals surface area contributed by atoms with E-state index in [4.69, 9.17) is 0 Å². The van der Waals surface area contributed by atoms with E-state index in [9.17, 15) is 19.1 Å². The number of hydrogen-bond acceptors (Lipinski definition) is 4. The van der Waals surface area contributed by atoms with Crippen molar-refractivity contribution in [1.82, 2.24) is 0 Å². The van der Waals surface area contributed by atoms with Gasteiger partial charge in [0.25, 0.3) is 11.7 Å². The topological polar surface area (TPSA) is 57.6 Å². The Labute approximate surface area is 165 Å². The molecule has 1 fully saturated rings. The Morgan fingerprint density at radius 1 is 1.07 bits per heavy atom. The van der Waals surface area contributed by atoms with Gasteiger partial charge in [0.05, 0.1) is 5.57 Å². The van der Waals surface area contributed by atoms with Gasteiger partial charge in [-0.15, -0.1) is 11.3 Å². The third-order valence-electron chi connectivity index (χ3n) is 4.67. The molecule has 1 amide bonds. The second-order valence-corrected chi connectivity index (χ2v) is 7.51. The Bertz CT molecular complexity index is 1090. The van der Waals surface area contributed by atoms with Gasteiger partial charge in [-0.1, -0.05) is 42.0 Å².